The van der Waals surface area contributed by atoms with Gasteiger partial charge in [0.25, 0.3) is 0 Å². The molecular formula is C11H11NO2. The molecule has 1 atom stereocenters. The van der Waals surface area contributed by atoms with Crippen LogP contribution in [0.2, 0.25) is 0 Å². The maximum atomic E-state index is 10.4. The molecule has 3 heteroatoms. The molecule has 0 spiro atoms. The molecule has 0 amide bonds. The van der Waals surface area contributed by atoms with Crippen LogP contribution in [-0.2, 0) is 16.1 Å². The molecule has 72 valence electrons. The van der Waals surface area contributed by atoms with E-state index in [1.54, 1.807) is 0 Å². The van der Waals surface area contributed by atoms with E-state index in [0.717, 1.165) is 5.56 Å². The maximum absolute atomic E-state index is 10.4. The monoisotopic (exact) mass is 189 g/mol. The minimum absolute atomic E-state index is 0.107. The van der Waals surface area contributed by atoms with Gasteiger partial charge in [-0.15, -0.1) is 0 Å². The Morgan fingerprint density at radius 3 is 2.71 bits per heavy atom. The first-order chi connectivity index (χ1) is 6.86. The Balaban J connectivity index is 2.40. The Hall–Kier alpha value is -1.66. The third kappa shape index (κ3) is 3.38. The smallest absolute Gasteiger partial charge is 0.149 e. The topological polar surface area (TPSA) is 50.1 Å². The second-order valence-corrected chi connectivity index (χ2v) is 2.83. The summed E-state index contributed by atoms with van der Waals surface area (Å²) < 4.78 is 5.23. The van der Waals surface area contributed by atoms with Gasteiger partial charge in [0.15, 0.2) is 0 Å². The lowest BCUT2D eigenvalue weighted by Gasteiger charge is -2.07. The largest absolute Gasteiger partial charge is 0.365 e. The third-order valence-corrected chi connectivity index (χ3v) is 1.75. The molecule has 0 aliphatic rings. The van der Waals surface area contributed by atoms with E-state index in [9.17, 15) is 4.79 Å². The Kier molecular flexibility index (Phi) is 4.39. The summed E-state index contributed by atoms with van der Waals surface area (Å²) in [6, 6.07) is 11.4. The van der Waals surface area contributed by atoms with Crippen molar-refractivity contribution in [3.05, 3.63) is 35.9 Å². The minimum Gasteiger partial charge on any atom is -0.365 e. The molecule has 0 saturated heterocycles. The lowest BCUT2D eigenvalue weighted by molar-refractivity contribution is -0.118. The summed E-state index contributed by atoms with van der Waals surface area (Å²) in [5.41, 5.74) is 0.997. The molecule has 0 heterocycles. The van der Waals surface area contributed by atoms with Gasteiger partial charge in [-0.05, 0) is 5.56 Å². The minimum atomic E-state index is -0.611. The Morgan fingerprint density at radius 1 is 1.43 bits per heavy atom. The second kappa shape index (κ2) is 5.90. The Bertz CT molecular complexity index is 316. The zero-order valence-corrected chi connectivity index (χ0v) is 7.72. The predicted octanol–water partition coefficient (Wildman–Crippen LogP) is 1.68. The van der Waals surface area contributed by atoms with E-state index in [0.29, 0.717) is 12.9 Å². The Morgan fingerprint density at radius 2 is 2.14 bits per heavy atom. The van der Waals surface area contributed by atoms with Crippen molar-refractivity contribution in [1.29, 1.82) is 5.26 Å². The third-order valence-electron chi connectivity index (χ3n) is 1.75. The van der Waals surface area contributed by atoms with Crippen molar-refractivity contribution in [3.8, 4) is 6.07 Å². The predicted molar refractivity (Wildman–Crippen MR) is 51.3 cm³/mol. The first-order valence-electron chi connectivity index (χ1n) is 4.34. The van der Waals surface area contributed by atoms with Crippen LogP contribution in [0.15, 0.2) is 30.3 Å². The second-order valence-electron chi connectivity index (χ2n) is 2.83. The van der Waals surface area contributed by atoms with E-state index in [-0.39, 0.29) is 6.42 Å². The summed E-state index contributed by atoms with van der Waals surface area (Å²) in [4.78, 5) is 10.4. The maximum Gasteiger partial charge on any atom is 0.149 e. The number of rotatable bonds is 5. The number of ether oxygens (including phenoxy) is 1. The highest BCUT2D eigenvalue weighted by Crippen LogP contribution is 2.03. The van der Waals surface area contributed by atoms with Crippen molar-refractivity contribution in [2.75, 3.05) is 0 Å². The zero-order chi connectivity index (χ0) is 10.2. The molecule has 0 N–H and O–H groups in total. The van der Waals surface area contributed by atoms with Gasteiger partial charge in [0, 0.05) is 0 Å². The molecule has 3 nitrogen and oxygen atoms in total. The number of hydrogen-bond acceptors (Lipinski definition) is 3. The van der Waals surface area contributed by atoms with Crippen LogP contribution in [0.25, 0.3) is 0 Å². The fourth-order valence-corrected chi connectivity index (χ4v) is 1.01. The number of carbonyl (C=O) groups is 1. The number of nitriles is 1. The summed E-state index contributed by atoms with van der Waals surface area (Å²) in [6.45, 7) is 0.367. The lowest BCUT2D eigenvalue weighted by Crippen LogP contribution is -2.13. The van der Waals surface area contributed by atoms with Crippen molar-refractivity contribution in [2.45, 2.75) is 19.1 Å². The van der Waals surface area contributed by atoms with Crippen LogP contribution in [0.5, 0.6) is 0 Å². The summed E-state index contributed by atoms with van der Waals surface area (Å²) in [7, 11) is 0. The van der Waals surface area contributed by atoms with Crippen LogP contribution in [0, 0.1) is 11.3 Å². The molecule has 14 heavy (non-hydrogen) atoms. The van der Waals surface area contributed by atoms with Crippen LogP contribution >= 0.6 is 0 Å². The van der Waals surface area contributed by atoms with Crippen LogP contribution in [-0.4, -0.2) is 12.4 Å². The van der Waals surface area contributed by atoms with Crippen molar-refractivity contribution in [3.63, 3.8) is 0 Å². The molecule has 0 radical (unpaired) electrons. The molecule has 0 bridgehead atoms. The first-order valence-corrected chi connectivity index (χ1v) is 4.34. The van der Waals surface area contributed by atoms with Gasteiger partial charge >= 0.3 is 0 Å². The van der Waals surface area contributed by atoms with Crippen molar-refractivity contribution < 1.29 is 9.53 Å². The quantitative estimate of drug-likeness (QED) is 0.662. The van der Waals surface area contributed by atoms with E-state index < -0.39 is 6.10 Å². The fourth-order valence-electron chi connectivity index (χ4n) is 1.01. The van der Waals surface area contributed by atoms with Crippen molar-refractivity contribution in [2.24, 2.45) is 0 Å². The summed E-state index contributed by atoms with van der Waals surface area (Å²) in [5.74, 6) is 0. The van der Waals surface area contributed by atoms with Crippen LogP contribution in [0.1, 0.15) is 12.0 Å². The molecular weight excluding hydrogens is 178 g/mol. The fraction of sp³-hybridized carbons (Fsp3) is 0.273. The molecule has 1 rings (SSSR count). The first kappa shape index (κ1) is 10.4. The SMILES string of the molecule is N#CCC(C=O)OCc1ccccc1. The molecule has 0 aliphatic heterocycles. The molecule has 0 saturated carbocycles. The van der Waals surface area contributed by atoms with Gasteiger partial charge in [-0.25, -0.2) is 0 Å². The van der Waals surface area contributed by atoms with Crippen molar-refractivity contribution >= 4 is 6.29 Å². The lowest BCUT2D eigenvalue weighted by atomic mass is 10.2. The van der Waals surface area contributed by atoms with Crippen LogP contribution < -0.4 is 0 Å². The number of carbonyl (C=O) groups excluding carboxylic acids is 1. The van der Waals surface area contributed by atoms with Crippen molar-refractivity contribution in [1.82, 2.24) is 0 Å². The average Bonchev–Trinajstić information content (AvgIpc) is 2.25. The highest BCUT2D eigenvalue weighted by molar-refractivity contribution is 5.56. The van der Waals surface area contributed by atoms with Crippen LogP contribution in [0.3, 0.4) is 0 Å². The van der Waals surface area contributed by atoms with Gasteiger partial charge in [-0.3, -0.25) is 0 Å². The molecule has 0 fully saturated rings. The van der Waals surface area contributed by atoms with Gasteiger partial charge in [-0.1, -0.05) is 30.3 Å². The van der Waals surface area contributed by atoms with Gasteiger partial charge in [-0.2, -0.15) is 5.26 Å². The molecule has 1 aromatic carbocycles. The highest BCUT2D eigenvalue weighted by Gasteiger charge is 2.06. The molecule has 1 unspecified atom stereocenters. The van der Waals surface area contributed by atoms with Gasteiger partial charge in [0.1, 0.15) is 12.4 Å². The van der Waals surface area contributed by atoms with E-state index in [1.165, 1.54) is 0 Å². The normalized spacial score (nSPS) is 11.6. The number of aldehydes is 1. The summed E-state index contributed by atoms with van der Waals surface area (Å²) in [6.07, 6.45) is 0.155. The molecule has 0 aliphatic carbocycles. The van der Waals surface area contributed by atoms with E-state index in [1.807, 2.05) is 36.4 Å². The van der Waals surface area contributed by atoms with Gasteiger partial charge in [0.2, 0.25) is 0 Å². The standard InChI is InChI=1S/C11H11NO2/c12-7-6-11(8-13)14-9-10-4-2-1-3-5-10/h1-5,8,11H,6,9H2. The van der Waals surface area contributed by atoms with E-state index >= 15 is 0 Å². The van der Waals surface area contributed by atoms with Gasteiger partial charge in [0.05, 0.1) is 19.1 Å². The Labute approximate surface area is 82.9 Å². The summed E-state index contributed by atoms with van der Waals surface area (Å²) in [5, 5.41) is 8.38. The molecule has 1 aromatic rings. The van der Waals surface area contributed by atoms with Crippen LogP contribution in [0.4, 0.5) is 0 Å². The number of hydrogen-bond donors (Lipinski definition) is 0. The number of nitrogens with zero attached hydrogens (tertiary/aromatic N) is 1. The van der Waals surface area contributed by atoms with E-state index in [2.05, 4.69) is 0 Å². The summed E-state index contributed by atoms with van der Waals surface area (Å²) >= 11 is 0. The highest BCUT2D eigenvalue weighted by atomic mass is 16.5. The average molecular weight is 189 g/mol. The zero-order valence-electron chi connectivity index (χ0n) is 7.72. The number of benzene rings is 1. The van der Waals surface area contributed by atoms with Gasteiger partial charge < -0.3 is 9.53 Å². The molecule has 0 aromatic heterocycles. The van der Waals surface area contributed by atoms with E-state index in [4.69, 9.17) is 10.00 Å².